The molecular weight excluding hydrogens is 105 g/mol. The topological polar surface area (TPSA) is 84.5 Å². The molecule has 0 spiro atoms. The molecule has 4 nitrogen and oxygen atoms in total. The summed E-state index contributed by atoms with van der Waals surface area (Å²) in [5.74, 6) is 0. The molecule has 0 atom stereocenters. The van der Waals surface area contributed by atoms with Crippen LogP contribution in [0.15, 0.2) is 0 Å². The molecule has 0 rings (SSSR count). The highest BCUT2D eigenvalue weighted by atomic mass is 31.2. The van der Waals surface area contributed by atoms with Crippen LogP contribution in [0.3, 0.4) is 0 Å². The zero-order chi connectivity index (χ0) is 5.58. The zero-order valence-electron chi connectivity index (χ0n) is 2.74. The molecule has 3 N–H and O–H groups in total. The van der Waals surface area contributed by atoms with Crippen molar-refractivity contribution in [3.05, 3.63) is 6.57 Å². The molecule has 0 bridgehead atoms. The number of hydrogen-bond donors (Lipinski definition) is 3. The highest BCUT2D eigenvalue weighted by Gasteiger charge is 1.76. The van der Waals surface area contributed by atoms with Gasteiger partial charge in [-0.25, -0.2) is 0 Å². The summed E-state index contributed by atoms with van der Waals surface area (Å²) in [4.78, 5) is 21.7. The van der Waals surface area contributed by atoms with Gasteiger partial charge in [-0.2, -0.15) is 0 Å². The first-order valence-electron chi connectivity index (χ1n) is 0.824. The van der Waals surface area contributed by atoms with Crippen LogP contribution in [0.1, 0.15) is 0 Å². The molecule has 36 valence electrons. The lowest BCUT2D eigenvalue weighted by atomic mass is 11.9. The van der Waals surface area contributed by atoms with Gasteiger partial charge in [0.05, 0.1) is 0 Å². The average molecular weight is 108 g/mol. The molecular formula is CH3NO3P-. The second-order valence-electron chi connectivity index (χ2n) is 0.268. The van der Waals surface area contributed by atoms with Crippen molar-refractivity contribution < 1.29 is 14.7 Å². The van der Waals surface area contributed by atoms with Gasteiger partial charge in [-0.05, 0) is 0 Å². The molecule has 0 aliphatic carbocycles. The molecule has 0 heterocycles. The highest BCUT2D eigenvalue weighted by Crippen LogP contribution is 2.11. The smallest absolute Gasteiger partial charge is 0.324 e. The maximum atomic E-state index is 7.23. The van der Waals surface area contributed by atoms with E-state index in [1.807, 2.05) is 0 Å². The van der Waals surface area contributed by atoms with Crippen LogP contribution in [0.5, 0.6) is 0 Å². The van der Waals surface area contributed by atoms with E-state index in [0.717, 1.165) is 0 Å². The minimum atomic E-state index is -2.62. The summed E-state index contributed by atoms with van der Waals surface area (Å²) in [5.41, 5.74) is 0. The molecule has 0 amide bonds. The van der Waals surface area contributed by atoms with Crippen molar-refractivity contribution >= 4 is 8.60 Å². The van der Waals surface area contributed by atoms with E-state index in [1.165, 1.54) is 0 Å². The molecule has 0 aliphatic rings. The second-order valence-corrected chi connectivity index (χ2v) is 0.805. The first-order valence-corrected chi connectivity index (χ1v) is 2.02. The summed E-state index contributed by atoms with van der Waals surface area (Å²) in [6, 6.07) is 0. The lowest BCUT2D eigenvalue weighted by Gasteiger charge is -1.76. The standard InChI is InChI=1S/CN.H3O3P/c1-2;1-4(2)3/h;1-3H/q-1;. The molecule has 0 unspecified atom stereocenters. The van der Waals surface area contributed by atoms with Gasteiger partial charge < -0.3 is 26.5 Å². The van der Waals surface area contributed by atoms with Crippen LogP contribution in [-0.4, -0.2) is 14.7 Å². The Bertz CT molecular complexity index is 32.3. The molecule has 0 saturated heterocycles. The van der Waals surface area contributed by atoms with Gasteiger partial charge in [0.15, 0.2) is 0 Å². The average Bonchev–Trinajstić information content (AvgIpc) is 1.41. The molecule has 0 fully saturated rings. The van der Waals surface area contributed by atoms with Crippen molar-refractivity contribution in [2.75, 3.05) is 0 Å². The Hall–Kier alpha value is -0.200. The molecule has 5 heteroatoms. The van der Waals surface area contributed by atoms with E-state index in [1.54, 1.807) is 0 Å². The van der Waals surface area contributed by atoms with Crippen molar-refractivity contribution in [2.45, 2.75) is 0 Å². The Morgan fingerprint density at radius 3 is 1.17 bits per heavy atom. The van der Waals surface area contributed by atoms with E-state index in [0.29, 0.717) is 0 Å². The van der Waals surface area contributed by atoms with Gasteiger partial charge in [0.25, 0.3) is 0 Å². The number of nitrogens with zero attached hydrogens (tertiary/aromatic N) is 1. The Morgan fingerprint density at radius 1 is 1.17 bits per heavy atom. The maximum Gasteiger partial charge on any atom is 0.324 e. The lowest BCUT2D eigenvalue weighted by Crippen LogP contribution is -1.54. The monoisotopic (exact) mass is 108 g/mol. The van der Waals surface area contributed by atoms with Crippen molar-refractivity contribution in [3.63, 3.8) is 0 Å². The third-order valence-electron chi connectivity index (χ3n) is 0. The third kappa shape index (κ3) is 745. The molecule has 6 heavy (non-hydrogen) atoms. The summed E-state index contributed by atoms with van der Waals surface area (Å²) in [6.45, 7) is 4.75. The fourth-order valence-corrected chi connectivity index (χ4v) is 0. The van der Waals surface area contributed by atoms with Crippen LogP contribution >= 0.6 is 8.60 Å². The summed E-state index contributed by atoms with van der Waals surface area (Å²) < 4.78 is 0. The van der Waals surface area contributed by atoms with E-state index < -0.39 is 8.60 Å². The van der Waals surface area contributed by atoms with E-state index in [9.17, 15) is 0 Å². The summed E-state index contributed by atoms with van der Waals surface area (Å²) in [6.07, 6.45) is 0. The summed E-state index contributed by atoms with van der Waals surface area (Å²) in [5, 5.41) is 6.25. The van der Waals surface area contributed by atoms with E-state index in [-0.39, 0.29) is 0 Å². The van der Waals surface area contributed by atoms with Gasteiger partial charge in [0, 0.05) is 0 Å². The van der Waals surface area contributed by atoms with Gasteiger partial charge in [-0.3, -0.25) is 0 Å². The van der Waals surface area contributed by atoms with Gasteiger partial charge in [0.1, 0.15) is 0 Å². The summed E-state index contributed by atoms with van der Waals surface area (Å²) >= 11 is 0. The molecule has 0 aromatic rings. The van der Waals surface area contributed by atoms with Gasteiger partial charge in [-0.15, -0.1) is 0 Å². The summed E-state index contributed by atoms with van der Waals surface area (Å²) in [7, 11) is -2.62. The Kier molecular flexibility index (Phi) is 13.6. The largest absolute Gasteiger partial charge is 0.512 e. The molecule has 0 aliphatic heterocycles. The third-order valence-corrected chi connectivity index (χ3v) is 0. The van der Waals surface area contributed by atoms with Crippen molar-refractivity contribution in [1.82, 2.24) is 0 Å². The van der Waals surface area contributed by atoms with E-state index >= 15 is 0 Å². The molecule has 0 radical (unpaired) electrons. The fourth-order valence-electron chi connectivity index (χ4n) is 0. The molecule has 0 aromatic heterocycles. The first kappa shape index (κ1) is 9.25. The van der Waals surface area contributed by atoms with E-state index in [4.69, 9.17) is 26.5 Å². The van der Waals surface area contributed by atoms with E-state index in [2.05, 4.69) is 0 Å². The van der Waals surface area contributed by atoms with Crippen LogP contribution in [0, 0.1) is 11.8 Å². The van der Waals surface area contributed by atoms with Crippen LogP contribution in [0.25, 0.3) is 0 Å². The molecule has 0 aromatic carbocycles. The van der Waals surface area contributed by atoms with Crippen LogP contribution in [-0.2, 0) is 0 Å². The maximum absolute atomic E-state index is 7.23. The predicted octanol–water partition coefficient (Wildman–Crippen LogP) is -0.713. The SMILES string of the molecule is OP(O)O.[C-]#N. The van der Waals surface area contributed by atoms with Crippen LogP contribution < -0.4 is 0 Å². The Labute approximate surface area is 36.3 Å². The fraction of sp³-hybridized carbons (Fsp3) is 0. The number of rotatable bonds is 0. The lowest BCUT2D eigenvalue weighted by molar-refractivity contribution is 0.368. The minimum absolute atomic E-state index is 2.62. The second kappa shape index (κ2) is 8.84. The van der Waals surface area contributed by atoms with Crippen molar-refractivity contribution in [2.24, 2.45) is 0 Å². The molecule has 0 saturated carbocycles. The van der Waals surface area contributed by atoms with Crippen LogP contribution in [0.2, 0.25) is 0 Å². The van der Waals surface area contributed by atoms with Crippen molar-refractivity contribution in [1.29, 1.82) is 5.26 Å². The van der Waals surface area contributed by atoms with Crippen LogP contribution in [0.4, 0.5) is 0 Å². The normalized spacial score (nSPS) is 6.33. The number of hydrogen-bond acceptors (Lipinski definition) is 4. The van der Waals surface area contributed by atoms with Crippen molar-refractivity contribution in [3.8, 4) is 0 Å². The predicted molar refractivity (Wildman–Crippen MR) is 18.5 cm³/mol. The van der Waals surface area contributed by atoms with Gasteiger partial charge in [-0.1, -0.05) is 0 Å². The highest BCUT2D eigenvalue weighted by molar-refractivity contribution is 7.38. The minimum Gasteiger partial charge on any atom is -0.512 e. The Morgan fingerprint density at radius 2 is 1.17 bits per heavy atom. The quantitative estimate of drug-likeness (QED) is 0.282. The first-order chi connectivity index (χ1) is 2.73. The van der Waals surface area contributed by atoms with Gasteiger partial charge >= 0.3 is 8.60 Å². The Balaban J connectivity index is 0. The zero-order valence-corrected chi connectivity index (χ0v) is 3.63. The van der Waals surface area contributed by atoms with Gasteiger partial charge in [0.2, 0.25) is 0 Å².